The lowest BCUT2D eigenvalue weighted by Crippen LogP contribution is -1.99. The molecule has 1 aromatic heterocycles. The second-order valence-corrected chi connectivity index (χ2v) is 6.97. The van der Waals surface area contributed by atoms with Crippen LogP contribution in [0.1, 0.15) is 16.1 Å². The summed E-state index contributed by atoms with van der Waals surface area (Å²) in [6.45, 7) is 0. The number of aromatic amines is 1. The first-order valence-electron chi connectivity index (χ1n) is 5.44. The third-order valence-electron chi connectivity index (χ3n) is 2.45. The molecule has 0 saturated carbocycles. The number of hydrogen-bond donors (Lipinski definition) is 2. The summed E-state index contributed by atoms with van der Waals surface area (Å²) in [4.78, 5) is 11.1. The minimum absolute atomic E-state index is 0.122. The Labute approximate surface area is 119 Å². The van der Waals surface area contributed by atoms with Gasteiger partial charge in [-0.15, -0.1) is 10.2 Å². The fraction of sp³-hybridized carbons (Fsp3) is 0.182. The number of sulfone groups is 1. The molecule has 1 aromatic carbocycles. The van der Waals surface area contributed by atoms with Gasteiger partial charge in [0.05, 0.1) is 4.90 Å². The quantitative estimate of drug-likeness (QED) is 0.797. The number of carboxylic acids is 1. The van der Waals surface area contributed by atoms with Crippen LogP contribution in [0, 0.1) is 0 Å². The molecule has 0 bridgehead atoms. The van der Waals surface area contributed by atoms with Crippen LogP contribution < -0.4 is 0 Å². The van der Waals surface area contributed by atoms with E-state index in [1.165, 1.54) is 23.9 Å². The van der Waals surface area contributed by atoms with E-state index >= 15 is 0 Å². The fourth-order valence-electron chi connectivity index (χ4n) is 1.45. The summed E-state index contributed by atoms with van der Waals surface area (Å²) >= 11 is 1.21. The van der Waals surface area contributed by atoms with Gasteiger partial charge in [-0.1, -0.05) is 23.9 Å². The van der Waals surface area contributed by atoms with Gasteiger partial charge in [-0.3, -0.25) is 0 Å². The molecule has 0 saturated heterocycles. The molecular formula is C11H11N3O4S2. The molecule has 0 aliphatic rings. The Morgan fingerprint density at radius 2 is 1.95 bits per heavy atom. The maximum Gasteiger partial charge on any atom is 0.359 e. The van der Waals surface area contributed by atoms with E-state index in [1.54, 1.807) is 12.1 Å². The molecule has 0 amide bonds. The van der Waals surface area contributed by atoms with Crippen LogP contribution in [0.15, 0.2) is 34.2 Å². The van der Waals surface area contributed by atoms with Crippen molar-refractivity contribution in [1.29, 1.82) is 0 Å². The van der Waals surface area contributed by atoms with Gasteiger partial charge in [-0.2, -0.15) is 5.21 Å². The van der Waals surface area contributed by atoms with Crippen molar-refractivity contribution in [2.45, 2.75) is 15.7 Å². The Hall–Kier alpha value is -1.87. The third-order valence-corrected chi connectivity index (χ3v) is 4.61. The van der Waals surface area contributed by atoms with Crippen molar-refractivity contribution in [3.05, 3.63) is 35.5 Å². The van der Waals surface area contributed by atoms with Gasteiger partial charge in [-0.05, 0) is 17.7 Å². The van der Waals surface area contributed by atoms with Crippen molar-refractivity contribution in [1.82, 2.24) is 15.4 Å². The number of nitrogens with zero attached hydrogens (tertiary/aromatic N) is 2. The molecule has 0 unspecified atom stereocenters. The lowest BCUT2D eigenvalue weighted by atomic mass is 10.2. The van der Waals surface area contributed by atoms with Crippen LogP contribution >= 0.6 is 11.8 Å². The zero-order chi connectivity index (χ0) is 14.8. The zero-order valence-corrected chi connectivity index (χ0v) is 12.0. The molecule has 7 nitrogen and oxygen atoms in total. The second kappa shape index (κ2) is 5.63. The van der Waals surface area contributed by atoms with Gasteiger partial charge >= 0.3 is 5.97 Å². The van der Waals surface area contributed by atoms with Crippen molar-refractivity contribution in [3.63, 3.8) is 0 Å². The summed E-state index contributed by atoms with van der Waals surface area (Å²) in [6, 6.07) is 6.41. The maximum absolute atomic E-state index is 11.3. The van der Waals surface area contributed by atoms with E-state index in [4.69, 9.17) is 5.11 Å². The van der Waals surface area contributed by atoms with Crippen molar-refractivity contribution in [2.24, 2.45) is 0 Å². The Morgan fingerprint density at radius 3 is 2.50 bits per heavy atom. The summed E-state index contributed by atoms with van der Waals surface area (Å²) in [5.41, 5.74) is 0.740. The van der Waals surface area contributed by atoms with E-state index in [-0.39, 0.29) is 10.6 Å². The average Bonchev–Trinajstić information content (AvgIpc) is 2.84. The Bertz CT molecular complexity index is 722. The number of carboxylic acid groups (broad SMARTS) is 1. The van der Waals surface area contributed by atoms with E-state index in [1.807, 2.05) is 0 Å². The van der Waals surface area contributed by atoms with Crippen LogP contribution in [0.2, 0.25) is 0 Å². The van der Waals surface area contributed by atoms with Gasteiger partial charge in [0.2, 0.25) is 5.69 Å². The number of rotatable bonds is 5. The Morgan fingerprint density at radius 1 is 1.30 bits per heavy atom. The molecule has 2 rings (SSSR count). The van der Waals surface area contributed by atoms with Gasteiger partial charge < -0.3 is 5.11 Å². The molecule has 0 fully saturated rings. The molecule has 0 atom stereocenters. The molecule has 1 heterocycles. The SMILES string of the molecule is CS(=O)(=O)c1ccc(CSc2n[nH]nc2C(=O)O)cc1. The number of benzene rings is 1. The highest BCUT2D eigenvalue weighted by Crippen LogP contribution is 2.23. The van der Waals surface area contributed by atoms with Crippen molar-refractivity contribution < 1.29 is 18.3 Å². The molecular weight excluding hydrogens is 302 g/mol. The molecule has 9 heteroatoms. The van der Waals surface area contributed by atoms with Crippen molar-refractivity contribution in [2.75, 3.05) is 6.26 Å². The number of hydrogen-bond acceptors (Lipinski definition) is 6. The van der Waals surface area contributed by atoms with Gasteiger partial charge in [0, 0.05) is 12.0 Å². The number of aromatic carboxylic acids is 1. The van der Waals surface area contributed by atoms with E-state index in [2.05, 4.69) is 15.4 Å². The number of thioether (sulfide) groups is 1. The number of aromatic nitrogens is 3. The summed E-state index contributed by atoms with van der Waals surface area (Å²) < 4.78 is 22.6. The highest BCUT2D eigenvalue weighted by molar-refractivity contribution is 7.98. The normalized spacial score (nSPS) is 11.4. The average molecular weight is 313 g/mol. The van der Waals surface area contributed by atoms with Crippen LogP contribution in [-0.2, 0) is 15.6 Å². The number of nitrogens with one attached hydrogen (secondary N) is 1. The molecule has 106 valence electrons. The van der Waals surface area contributed by atoms with Gasteiger partial charge in [-0.25, -0.2) is 13.2 Å². The van der Waals surface area contributed by atoms with Gasteiger partial charge in [0.25, 0.3) is 0 Å². The molecule has 0 spiro atoms. The second-order valence-electron chi connectivity index (χ2n) is 3.99. The summed E-state index contributed by atoms with van der Waals surface area (Å²) in [5.74, 6) is -0.676. The van der Waals surface area contributed by atoms with E-state index in [0.717, 1.165) is 11.8 Å². The predicted molar refractivity (Wildman–Crippen MR) is 72.5 cm³/mol. The smallest absolute Gasteiger partial charge is 0.359 e. The van der Waals surface area contributed by atoms with E-state index < -0.39 is 15.8 Å². The lowest BCUT2D eigenvalue weighted by Gasteiger charge is -2.02. The van der Waals surface area contributed by atoms with Crippen LogP contribution in [-0.4, -0.2) is 41.2 Å². The minimum atomic E-state index is -3.21. The largest absolute Gasteiger partial charge is 0.476 e. The van der Waals surface area contributed by atoms with Crippen LogP contribution in [0.5, 0.6) is 0 Å². The third kappa shape index (κ3) is 3.36. The summed E-state index contributed by atoms with van der Waals surface area (Å²) in [6.07, 6.45) is 1.14. The molecule has 20 heavy (non-hydrogen) atoms. The molecule has 0 aliphatic heterocycles. The Balaban J connectivity index is 2.08. The van der Waals surface area contributed by atoms with E-state index in [9.17, 15) is 13.2 Å². The van der Waals surface area contributed by atoms with Gasteiger partial charge in [0.15, 0.2) is 14.9 Å². The van der Waals surface area contributed by atoms with Crippen LogP contribution in [0.4, 0.5) is 0 Å². The van der Waals surface area contributed by atoms with Crippen LogP contribution in [0.3, 0.4) is 0 Å². The maximum atomic E-state index is 11.3. The number of H-pyrrole nitrogens is 1. The summed E-state index contributed by atoms with van der Waals surface area (Å²) in [5, 5.41) is 18.7. The summed E-state index contributed by atoms with van der Waals surface area (Å²) in [7, 11) is -3.21. The molecule has 2 aromatic rings. The Kier molecular flexibility index (Phi) is 4.09. The highest BCUT2D eigenvalue weighted by atomic mass is 32.2. The van der Waals surface area contributed by atoms with Gasteiger partial charge in [0.1, 0.15) is 0 Å². The lowest BCUT2D eigenvalue weighted by molar-refractivity contribution is 0.0686. The standard InChI is InChI=1S/C11H11N3O4S2/c1-20(17,18)8-4-2-7(3-5-8)6-19-10-9(11(15)16)12-14-13-10/h2-5H,6H2,1H3,(H,15,16)(H,12,13,14). The van der Waals surface area contributed by atoms with Crippen molar-refractivity contribution >= 4 is 27.6 Å². The first-order chi connectivity index (χ1) is 9.38. The molecule has 0 aliphatic carbocycles. The molecule has 0 radical (unpaired) electrons. The first kappa shape index (κ1) is 14.5. The topological polar surface area (TPSA) is 113 Å². The minimum Gasteiger partial charge on any atom is -0.476 e. The van der Waals surface area contributed by atoms with E-state index in [0.29, 0.717) is 10.8 Å². The number of carbonyl (C=O) groups is 1. The molecule has 2 N–H and O–H groups in total. The predicted octanol–water partition coefficient (Wildman–Crippen LogP) is 1.20. The zero-order valence-electron chi connectivity index (χ0n) is 10.4. The highest BCUT2D eigenvalue weighted by Gasteiger charge is 2.15. The van der Waals surface area contributed by atoms with Crippen molar-refractivity contribution in [3.8, 4) is 0 Å². The first-order valence-corrected chi connectivity index (χ1v) is 8.31. The monoisotopic (exact) mass is 313 g/mol. The van der Waals surface area contributed by atoms with Crippen LogP contribution in [0.25, 0.3) is 0 Å². The fourth-order valence-corrected chi connectivity index (χ4v) is 2.95.